The maximum absolute atomic E-state index is 12.4. The van der Waals surface area contributed by atoms with Crippen molar-refractivity contribution in [3.63, 3.8) is 0 Å². The van der Waals surface area contributed by atoms with Crippen LogP contribution >= 0.6 is 23.2 Å². The minimum atomic E-state index is -0.375. The number of rotatable bonds is 2. The Morgan fingerprint density at radius 1 is 1.18 bits per heavy atom. The fraction of sp³-hybridized carbons (Fsp3) is 0.150. The third kappa shape index (κ3) is 3.15. The minimum Gasteiger partial charge on any atom is -0.354 e. The van der Waals surface area contributed by atoms with Crippen LogP contribution in [0.2, 0.25) is 10.0 Å². The lowest BCUT2D eigenvalue weighted by Crippen LogP contribution is -2.48. The molecule has 2 heterocycles. The highest BCUT2D eigenvalue weighted by molar-refractivity contribution is 6.36. The SMILES string of the molecule is CNC(=O)C1=C2CN=C(c3ccccc3Cl)c3cc(Cl)ccc3N2CC(=O)N1. The first-order valence-electron chi connectivity index (χ1n) is 8.61. The Morgan fingerprint density at radius 2 is 1.96 bits per heavy atom. The Morgan fingerprint density at radius 3 is 2.71 bits per heavy atom. The summed E-state index contributed by atoms with van der Waals surface area (Å²) in [5.74, 6) is -0.649. The number of carbonyl (C=O) groups excluding carboxylic acids is 2. The number of nitrogens with one attached hydrogen (secondary N) is 2. The van der Waals surface area contributed by atoms with E-state index in [0.29, 0.717) is 21.5 Å². The van der Waals surface area contributed by atoms with E-state index in [-0.39, 0.29) is 30.6 Å². The van der Waals surface area contributed by atoms with E-state index in [9.17, 15) is 9.59 Å². The number of nitrogens with zero attached hydrogens (tertiary/aromatic N) is 2. The molecular formula is C20H16Cl2N4O2. The van der Waals surface area contributed by atoms with E-state index >= 15 is 0 Å². The molecule has 0 atom stereocenters. The summed E-state index contributed by atoms with van der Waals surface area (Å²) in [6.07, 6.45) is 0. The van der Waals surface area contributed by atoms with Crippen molar-refractivity contribution in [3.05, 3.63) is 75.0 Å². The van der Waals surface area contributed by atoms with Crippen LogP contribution in [0.25, 0.3) is 0 Å². The van der Waals surface area contributed by atoms with Gasteiger partial charge in [-0.3, -0.25) is 14.6 Å². The monoisotopic (exact) mass is 414 g/mol. The molecule has 6 nitrogen and oxygen atoms in total. The Balaban J connectivity index is 1.98. The number of benzene rings is 2. The van der Waals surface area contributed by atoms with Crippen LogP contribution in [0.3, 0.4) is 0 Å². The molecule has 0 spiro atoms. The highest BCUT2D eigenvalue weighted by Crippen LogP contribution is 2.35. The summed E-state index contributed by atoms with van der Waals surface area (Å²) in [7, 11) is 1.52. The van der Waals surface area contributed by atoms with Gasteiger partial charge >= 0.3 is 0 Å². The topological polar surface area (TPSA) is 73.8 Å². The number of hydrogen-bond donors (Lipinski definition) is 2. The molecule has 8 heteroatoms. The van der Waals surface area contributed by atoms with Gasteiger partial charge < -0.3 is 15.5 Å². The maximum Gasteiger partial charge on any atom is 0.269 e. The average Bonchev–Trinajstić information content (AvgIpc) is 2.84. The number of likely N-dealkylation sites (N-methyl/N-ethyl adjacent to an activating group) is 1. The fourth-order valence-electron chi connectivity index (χ4n) is 3.39. The van der Waals surface area contributed by atoms with Gasteiger partial charge in [-0.2, -0.15) is 0 Å². The standard InChI is InChI=1S/C20H16Cl2N4O2/c1-23-20(28)19-16-9-24-18(12-4-2-3-5-14(12)22)13-8-11(21)6-7-15(13)26(16)10-17(27)25-19/h2-8H,9-10H2,1H3,(H,23,28)(H,25,27). The molecule has 2 N–H and O–H groups in total. The molecule has 0 aromatic heterocycles. The Bertz CT molecular complexity index is 1060. The van der Waals surface area contributed by atoms with Crippen LogP contribution in [0, 0.1) is 0 Å². The highest BCUT2D eigenvalue weighted by atomic mass is 35.5. The largest absolute Gasteiger partial charge is 0.354 e. The van der Waals surface area contributed by atoms with Crippen LogP contribution in [0.15, 0.2) is 58.9 Å². The van der Waals surface area contributed by atoms with E-state index in [1.807, 2.05) is 29.2 Å². The number of amides is 2. The van der Waals surface area contributed by atoms with Crippen molar-refractivity contribution in [2.24, 2.45) is 4.99 Å². The molecule has 0 bridgehead atoms. The van der Waals surface area contributed by atoms with Crippen molar-refractivity contribution in [2.75, 3.05) is 25.0 Å². The van der Waals surface area contributed by atoms with E-state index in [0.717, 1.165) is 16.8 Å². The zero-order valence-corrected chi connectivity index (χ0v) is 16.4. The van der Waals surface area contributed by atoms with E-state index in [4.69, 9.17) is 28.2 Å². The highest BCUT2D eigenvalue weighted by Gasteiger charge is 2.33. The molecule has 2 aromatic carbocycles. The summed E-state index contributed by atoms with van der Waals surface area (Å²) in [4.78, 5) is 31.2. The Labute approximate surface area is 171 Å². The second-order valence-corrected chi connectivity index (χ2v) is 7.18. The molecule has 0 fully saturated rings. The molecule has 0 radical (unpaired) electrons. The van der Waals surface area contributed by atoms with Crippen molar-refractivity contribution in [1.82, 2.24) is 10.6 Å². The van der Waals surface area contributed by atoms with Gasteiger partial charge in [-0.25, -0.2) is 0 Å². The summed E-state index contributed by atoms with van der Waals surface area (Å²) < 4.78 is 0. The van der Waals surface area contributed by atoms with Crippen LogP contribution in [0.5, 0.6) is 0 Å². The number of anilines is 1. The molecule has 0 saturated carbocycles. The summed E-state index contributed by atoms with van der Waals surface area (Å²) in [6.45, 7) is 0.283. The third-order valence-corrected chi connectivity index (χ3v) is 5.22. The van der Waals surface area contributed by atoms with Crippen molar-refractivity contribution < 1.29 is 9.59 Å². The lowest BCUT2D eigenvalue weighted by atomic mass is 10.00. The molecule has 2 aliphatic heterocycles. The summed E-state index contributed by atoms with van der Waals surface area (Å²) in [6, 6.07) is 12.8. The second-order valence-electron chi connectivity index (χ2n) is 6.34. The van der Waals surface area contributed by atoms with Gasteiger partial charge in [0.15, 0.2) is 0 Å². The predicted molar refractivity (Wildman–Crippen MR) is 110 cm³/mol. The lowest BCUT2D eigenvalue weighted by molar-refractivity contribution is -0.123. The third-order valence-electron chi connectivity index (χ3n) is 4.66. The lowest BCUT2D eigenvalue weighted by Gasteiger charge is -2.32. The van der Waals surface area contributed by atoms with Crippen molar-refractivity contribution in [1.29, 1.82) is 0 Å². The van der Waals surface area contributed by atoms with Gasteiger partial charge in [0.2, 0.25) is 5.91 Å². The van der Waals surface area contributed by atoms with Crippen molar-refractivity contribution in [3.8, 4) is 0 Å². The molecule has 0 saturated heterocycles. The maximum atomic E-state index is 12.4. The van der Waals surface area contributed by atoms with Gasteiger partial charge in [0, 0.05) is 28.2 Å². The van der Waals surface area contributed by atoms with E-state index in [1.165, 1.54) is 7.05 Å². The zero-order valence-electron chi connectivity index (χ0n) is 14.9. The van der Waals surface area contributed by atoms with Crippen LogP contribution in [-0.2, 0) is 9.59 Å². The molecule has 142 valence electrons. The van der Waals surface area contributed by atoms with Gasteiger partial charge in [-0.15, -0.1) is 0 Å². The second kappa shape index (κ2) is 7.30. The molecule has 0 unspecified atom stereocenters. The minimum absolute atomic E-state index is 0.0791. The molecule has 2 aromatic rings. The van der Waals surface area contributed by atoms with Crippen LogP contribution in [0.1, 0.15) is 11.1 Å². The first kappa shape index (κ1) is 18.5. The summed E-state index contributed by atoms with van der Waals surface area (Å²) in [5, 5.41) is 6.33. The number of hydrogen-bond acceptors (Lipinski definition) is 4. The van der Waals surface area contributed by atoms with Crippen molar-refractivity contribution in [2.45, 2.75) is 0 Å². The Hall–Kier alpha value is -2.83. The van der Waals surface area contributed by atoms with Gasteiger partial charge in [0.1, 0.15) is 12.2 Å². The molecule has 2 aliphatic rings. The fourth-order valence-corrected chi connectivity index (χ4v) is 3.79. The summed E-state index contributed by atoms with van der Waals surface area (Å²) in [5.41, 5.74) is 3.73. The van der Waals surface area contributed by atoms with Gasteiger partial charge in [-0.1, -0.05) is 41.4 Å². The van der Waals surface area contributed by atoms with E-state index in [1.54, 1.807) is 18.2 Å². The number of carbonyl (C=O) groups is 2. The number of fused-ring (bicyclic) bond motifs is 3. The van der Waals surface area contributed by atoms with Crippen LogP contribution in [0.4, 0.5) is 5.69 Å². The molecule has 2 amide bonds. The molecule has 4 rings (SSSR count). The molecule has 0 aliphatic carbocycles. The average molecular weight is 415 g/mol. The Kier molecular flexibility index (Phi) is 4.83. The van der Waals surface area contributed by atoms with E-state index in [2.05, 4.69) is 10.6 Å². The van der Waals surface area contributed by atoms with Crippen molar-refractivity contribution >= 4 is 46.4 Å². The first-order valence-corrected chi connectivity index (χ1v) is 9.37. The summed E-state index contributed by atoms with van der Waals surface area (Å²) >= 11 is 12.7. The number of aliphatic imine (C=N–C) groups is 1. The molecular weight excluding hydrogens is 399 g/mol. The van der Waals surface area contributed by atoms with Crippen LogP contribution < -0.4 is 15.5 Å². The molecule has 28 heavy (non-hydrogen) atoms. The van der Waals surface area contributed by atoms with Crippen LogP contribution in [-0.4, -0.2) is 37.7 Å². The van der Waals surface area contributed by atoms with Gasteiger partial charge in [0.25, 0.3) is 5.91 Å². The quantitative estimate of drug-likeness (QED) is 0.793. The number of halogens is 2. The van der Waals surface area contributed by atoms with Gasteiger partial charge in [-0.05, 0) is 24.3 Å². The zero-order chi connectivity index (χ0) is 19.8. The van der Waals surface area contributed by atoms with E-state index < -0.39 is 0 Å². The normalized spacial score (nSPS) is 15.9. The first-order chi connectivity index (χ1) is 13.5. The smallest absolute Gasteiger partial charge is 0.269 e. The van der Waals surface area contributed by atoms with Gasteiger partial charge in [0.05, 0.1) is 23.6 Å². The predicted octanol–water partition coefficient (Wildman–Crippen LogP) is 2.74.